The third kappa shape index (κ3) is 1.39. The van der Waals surface area contributed by atoms with Crippen molar-refractivity contribution in [3.8, 4) is 0 Å². The highest BCUT2D eigenvalue weighted by atomic mass is 16.3. The van der Waals surface area contributed by atoms with E-state index in [1.807, 2.05) is 0 Å². The van der Waals surface area contributed by atoms with Crippen molar-refractivity contribution < 1.29 is 8.90 Å². The van der Waals surface area contributed by atoms with Gasteiger partial charge in [-0.2, -0.15) is 0 Å². The molecule has 1 aromatic heterocycles. The average molecular weight is 180 g/mol. The van der Waals surface area contributed by atoms with E-state index >= 15 is 0 Å². The summed E-state index contributed by atoms with van der Waals surface area (Å²) in [5, 5.41) is 0. The van der Waals surface area contributed by atoms with Gasteiger partial charge in [0.2, 0.25) is 0 Å². The first-order valence-electron chi connectivity index (χ1n) is 4.89. The van der Waals surface area contributed by atoms with Gasteiger partial charge in [-0.15, -0.1) is 0 Å². The molecule has 2 heteroatoms. The van der Waals surface area contributed by atoms with Crippen LogP contribution in [0.15, 0.2) is 4.42 Å². The summed E-state index contributed by atoms with van der Waals surface area (Å²) in [7, 11) is 4.52. The molecule has 72 valence electrons. The second-order valence-corrected chi connectivity index (χ2v) is 4.75. The molecule has 0 atom stereocenters. The molecule has 0 unspecified atom stereocenters. The summed E-state index contributed by atoms with van der Waals surface area (Å²) >= 11 is 0. The highest BCUT2D eigenvalue weighted by Crippen LogP contribution is 2.28. The van der Waals surface area contributed by atoms with E-state index in [-0.39, 0.29) is 0 Å². The standard InChI is InChI=1S/C11H18NO/c1-8-9(2)13-11-7-12(3,4)6-5-10(8)11/h5-7H2,1-4H3/q+1. The Bertz CT molecular complexity index is 336. The fraction of sp³-hybridized carbons (Fsp3) is 0.636. The number of likely N-dealkylation sites (N-methyl/N-ethyl adjacent to an activating group) is 1. The molecular weight excluding hydrogens is 162 g/mol. The largest absolute Gasteiger partial charge is 0.460 e. The molecule has 0 radical (unpaired) electrons. The third-order valence-corrected chi connectivity index (χ3v) is 3.13. The number of furan rings is 1. The maximum atomic E-state index is 5.76. The molecule has 2 heterocycles. The number of fused-ring (bicyclic) bond motifs is 1. The van der Waals surface area contributed by atoms with E-state index in [4.69, 9.17) is 4.42 Å². The summed E-state index contributed by atoms with van der Waals surface area (Å²) in [5.41, 5.74) is 2.84. The van der Waals surface area contributed by atoms with Crippen LogP contribution >= 0.6 is 0 Å². The lowest BCUT2D eigenvalue weighted by atomic mass is 10.0. The van der Waals surface area contributed by atoms with Crippen LogP contribution in [0.25, 0.3) is 0 Å². The molecular formula is C11H18NO+. The fourth-order valence-corrected chi connectivity index (χ4v) is 2.08. The van der Waals surface area contributed by atoms with E-state index in [0.29, 0.717) is 0 Å². The van der Waals surface area contributed by atoms with E-state index in [9.17, 15) is 0 Å². The molecule has 1 aliphatic rings. The van der Waals surface area contributed by atoms with Crippen LogP contribution in [0.3, 0.4) is 0 Å². The zero-order valence-electron chi connectivity index (χ0n) is 8.98. The number of nitrogens with zero attached hydrogens (tertiary/aromatic N) is 1. The van der Waals surface area contributed by atoms with Crippen LogP contribution in [0.2, 0.25) is 0 Å². The lowest BCUT2D eigenvalue weighted by Gasteiger charge is -2.32. The highest BCUT2D eigenvalue weighted by Gasteiger charge is 2.28. The predicted octanol–water partition coefficient (Wildman–Crippen LogP) is 2.03. The van der Waals surface area contributed by atoms with Crippen molar-refractivity contribution in [1.29, 1.82) is 0 Å². The maximum absolute atomic E-state index is 5.76. The molecule has 2 nitrogen and oxygen atoms in total. The van der Waals surface area contributed by atoms with E-state index < -0.39 is 0 Å². The van der Waals surface area contributed by atoms with Crippen LogP contribution in [0, 0.1) is 13.8 Å². The minimum Gasteiger partial charge on any atom is -0.460 e. The van der Waals surface area contributed by atoms with E-state index in [0.717, 1.165) is 16.8 Å². The van der Waals surface area contributed by atoms with E-state index in [1.165, 1.54) is 29.9 Å². The van der Waals surface area contributed by atoms with Crippen molar-refractivity contribution in [3.63, 3.8) is 0 Å². The lowest BCUT2D eigenvalue weighted by Crippen LogP contribution is -2.43. The molecule has 0 spiro atoms. The van der Waals surface area contributed by atoms with Gasteiger partial charge in [-0.05, 0) is 19.4 Å². The Morgan fingerprint density at radius 3 is 2.62 bits per heavy atom. The Balaban J connectivity index is 2.42. The van der Waals surface area contributed by atoms with E-state index in [2.05, 4.69) is 27.9 Å². The van der Waals surface area contributed by atoms with Gasteiger partial charge in [0.25, 0.3) is 0 Å². The van der Waals surface area contributed by atoms with Crippen LogP contribution in [-0.2, 0) is 13.0 Å². The molecule has 1 aliphatic heterocycles. The van der Waals surface area contributed by atoms with Gasteiger partial charge in [0.15, 0.2) is 5.76 Å². The molecule has 0 saturated heterocycles. The highest BCUT2D eigenvalue weighted by molar-refractivity contribution is 5.32. The van der Waals surface area contributed by atoms with Crippen molar-refractivity contribution >= 4 is 0 Å². The van der Waals surface area contributed by atoms with Crippen LogP contribution < -0.4 is 0 Å². The van der Waals surface area contributed by atoms with Crippen LogP contribution in [-0.4, -0.2) is 25.1 Å². The lowest BCUT2D eigenvalue weighted by molar-refractivity contribution is -0.906. The van der Waals surface area contributed by atoms with E-state index in [1.54, 1.807) is 0 Å². The molecule has 0 aliphatic carbocycles. The third-order valence-electron chi connectivity index (χ3n) is 3.13. The molecule has 0 amide bonds. The number of quaternary nitrogens is 1. The Labute approximate surface area is 79.7 Å². The smallest absolute Gasteiger partial charge is 0.162 e. The first-order valence-corrected chi connectivity index (χ1v) is 4.89. The zero-order valence-corrected chi connectivity index (χ0v) is 8.98. The average Bonchev–Trinajstić information content (AvgIpc) is 2.25. The normalized spacial score (nSPS) is 20.0. The van der Waals surface area contributed by atoms with Gasteiger partial charge in [-0.1, -0.05) is 0 Å². The summed E-state index contributed by atoms with van der Waals surface area (Å²) in [6, 6.07) is 0. The Morgan fingerprint density at radius 2 is 1.92 bits per heavy atom. The minimum atomic E-state index is 1.05. The van der Waals surface area contributed by atoms with Gasteiger partial charge in [0.1, 0.15) is 12.3 Å². The summed E-state index contributed by atoms with van der Waals surface area (Å²) in [6.45, 7) is 6.51. The Hall–Kier alpha value is -0.760. The molecule has 1 aromatic rings. The van der Waals surface area contributed by atoms with Crippen molar-refractivity contribution in [2.24, 2.45) is 0 Å². The van der Waals surface area contributed by atoms with Crippen LogP contribution in [0.5, 0.6) is 0 Å². The molecule has 0 aromatic carbocycles. The SMILES string of the molecule is Cc1oc2c(c1C)CC[N+](C)(C)C2. The summed E-state index contributed by atoms with van der Waals surface area (Å²) in [4.78, 5) is 0. The second-order valence-electron chi connectivity index (χ2n) is 4.75. The van der Waals surface area contributed by atoms with Crippen molar-refractivity contribution in [1.82, 2.24) is 0 Å². The topological polar surface area (TPSA) is 13.1 Å². The monoisotopic (exact) mass is 180 g/mol. The first-order chi connectivity index (χ1) is 5.99. The summed E-state index contributed by atoms with van der Waals surface area (Å²) in [5.74, 6) is 2.32. The molecule has 0 fully saturated rings. The predicted molar refractivity (Wildman–Crippen MR) is 52.6 cm³/mol. The van der Waals surface area contributed by atoms with Gasteiger partial charge in [0, 0.05) is 12.0 Å². The van der Waals surface area contributed by atoms with Crippen molar-refractivity contribution in [3.05, 3.63) is 22.6 Å². The van der Waals surface area contributed by atoms with Gasteiger partial charge in [-0.3, -0.25) is 0 Å². The van der Waals surface area contributed by atoms with Gasteiger partial charge in [-0.25, -0.2) is 0 Å². The number of aryl methyl sites for hydroxylation is 1. The quantitative estimate of drug-likeness (QED) is 0.557. The van der Waals surface area contributed by atoms with Crippen LogP contribution in [0.1, 0.15) is 22.6 Å². The Morgan fingerprint density at radius 1 is 1.23 bits per heavy atom. The van der Waals surface area contributed by atoms with Crippen LogP contribution in [0.4, 0.5) is 0 Å². The van der Waals surface area contributed by atoms with Gasteiger partial charge >= 0.3 is 0 Å². The molecule has 2 rings (SSSR count). The van der Waals surface area contributed by atoms with Crippen molar-refractivity contribution in [2.45, 2.75) is 26.8 Å². The molecule has 0 bridgehead atoms. The first kappa shape index (κ1) is 8.82. The fourth-order valence-electron chi connectivity index (χ4n) is 2.08. The number of rotatable bonds is 0. The summed E-state index contributed by atoms with van der Waals surface area (Å²) in [6.07, 6.45) is 1.17. The number of hydrogen-bond donors (Lipinski definition) is 0. The maximum Gasteiger partial charge on any atom is 0.162 e. The minimum absolute atomic E-state index is 1.05. The zero-order chi connectivity index (χ0) is 9.64. The number of hydrogen-bond acceptors (Lipinski definition) is 1. The van der Waals surface area contributed by atoms with Gasteiger partial charge in [0.05, 0.1) is 20.6 Å². The molecule has 13 heavy (non-hydrogen) atoms. The second kappa shape index (κ2) is 2.61. The van der Waals surface area contributed by atoms with Gasteiger partial charge < -0.3 is 8.90 Å². The molecule has 0 saturated carbocycles. The Kier molecular flexibility index (Phi) is 1.77. The summed E-state index contributed by atoms with van der Waals surface area (Å²) < 4.78 is 6.81. The molecule has 0 N–H and O–H groups in total. The van der Waals surface area contributed by atoms with Crippen molar-refractivity contribution in [2.75, 3.05) is 20.6 Å².